The van der Waals surface area contributed by atoms with Crippen LogP contribution in [0.1, 0.15) is 54.5 Å². The number of hydrogen-bond donors (Lipinski definition) is 1. The first-order chi connectivity index (χ1) is 11.3. The van der Waals surface area contributed by atoms with E-state index in [1.807, 2.05) is 6.07 Å². The summed E-state index contributed by atoms with van der Waals surface area (Å²) < 4.78 is 5.34. The molecule has 128 valence electrons. The van der Waals surface area contributed by atoms with E-state index in [-0.39, 0.29) is 5.91 Å². The predicted molar refractivity (Wildman–Crippen MR) is 100 cm³/mol. The Bertz CT molecular complexity index is 724. The molecule has 3 heteroatoms. The van der Waals surface area contributed by atoms with Gasteiger partial charge in [-0.3, -0.25) is 4.79 Å². The highest BCUT2D eigenvalue weighted by molar-refractivity contribution is 5.89. The van der Waals surface area contributed by atoms with Crippen LogP contribution in [0.3, 0.4) is 0 Å². The number of carbonyl (C=O) groups is 1. The normalized spacial score (nSPS) is 10.8. The lowest BCUT2D eigenvalue weighted by Crippen LogP contribution is -2.09. The maximum Gasteiger partial charge on any atom is 0.221 e. The quantitative estimate of drug-likeness (QED) is 0.841. The van der Waals surface area contributed by atoms with Crippen molar-refractivity contribution in [1.82, 2.24) is 0 Å². The van der Waals surface area contributed by atoms with Crippen LogP contribution in [-0.4, -0.2) is 13.0 Å². The van der Waals surface area contributed by atoms with Crippen molar-refractivity contribution in [2.45, 2.75) is 47.0 Å². The SMILES string of the molecule is COc1cc(C)c(Cc2ccc(NC(C)=O)c(C(C)C)c2)c(C)c1. The van der Waals surface area contributed by atoms with Crippen LogP contribution in [0.5, 0.6) is 5.75 Å². The summed E-state index contributed by atoms with van der Waals surface area (Å²) in [5, 5.41) is 2.93. The molecule has 2 rings (SSSR count). The molecule has 0 fully saturated rings. The second-order valence-corrected chi connectivity index (χ2v) is 6.67. The monoisotopic (exact) mass is 325 g/mol. The van der Waals surface area contributed by atoms with E-state index in [0.29, 0.717) is 5.92 Å². The summed E-state index contributed by atoms with van der Waals surface area (Å²) in [7, 11) is 1.70. The highest BCUT2D eigenvalue weighted by Gasteiger charge is 2.12. The van der Waals surface area contributed by atoms with Gasteiger partial charge in [-0.05, 0) is 72.2 Å². The number of rotatable bonds is 5. The third-order valence-electron chi connectivity index (χ3n) is 4.33. The molecule has 0 aliphatic rings. The zero-order valence-corrected chi connectivity index (χ0v) is 15.5. The van der Waals surface area contributed by atoms with E-state index < -0.39 is 0 Å². The van der Waals surface area contributed by atoms with E-state index in [0.717, 1.165) is 17.9 Å². The van der Waals surface area contributed by atoms with Gasteiger partial charge in [-0.25, -0.2) is 0 Å². The molecule has 1 amide bonds. The first kappa shape index (κ1) is 18.1. The summed E-state index contributed by atoms with van der Waals surface area (Å²) in [6, 6.07) is 10.5. The Morgan fingerprint density at radius 1 is 1.12 bits per heavy atom. The summed E-state index contributed by atoms with van der Waals surface area (Å²) in [6.45, 7) is 10.1. The summed E-state index contributed by atoms with van der Waals surface area (Å²) in [5.41, 5.74) is 7.14. The zero-order chi connectivity index (χ0) is 17.9. The number of benzene rings is 2. The lowest BCUT2D eigenvalue weighted by atomic mass is 9.92. The predicted octanol–water partition coefficient (Wildman–Crippen LogP) is 4.98. The molecule has 0 saturated heterocycles. The van der Waals surface area contributed by atoms with Crippen molar-refractivity contribution in [1.29, 1.82) is 0 Å². The fourth-order valence-corrected chi connectivity index (χ4v) is 3.06. The van der Waals surface area contributed by atoms with E-state index in [9.17, 15) is 4.79 Å². The molecule has 0 atom stereocenters. The van der Waals surface area contributed by atoms with E-state index in [4.69, 9.17) is 4.74 Å². The van der Waals surface area contributed by atoms with Crippen molar-refractivity contribution in [2.75, 3.05) is 12.4 Å². The summed E-state index contributed by atoms with van der Waals surface area (Å²) >= 11 is 0. The molecule has 0 heterocycles. The average Bonchev–Trinajstić information content (AvgIpc) is 2.51. The molecule has 2 aromatic rings. The van der Waals surface area contributed by atoms with Crippen LogP contribution in [0, 0.1) is 13.8 Å². The van der Waals surface area contributed by atoms with Crippen molar-refractivity contribution >= 4 is 11.6 Å². The summed E-state index contributed by atoms with van der Waals surface area (Å²) in [5.74, 6) is 1.22. The van der Waals surface area contributed by atoms with Crippen molar-refractivity contribution in [3.63, 3.8) is 0 Å². The van der Waals surface area contributed by atoms with E-state index in [2.05, 4.69) is 57.3 Å². The Hall–Kier alpha value is -2.29. The van der Waals surface area contributed by atoms with E-state index >= 15 is 0 Å². The van der Waals surface area contributed by atoms with Crippen molar-refractivity contribution < 1.29 is 9.53 Å². The van der Waals surface area contributed by atoms with E-state index in [1.54, 1.807) is 14.0 Å². The molecular weight excluding hydrogens is 298 g/mol. The van der Waals surface area contributed by atoms with Crippen LogP contribution in [0.25, 0.3) is 0 Å². The van der Waals surface area contributed by atoms with Gasteiger partial charge in [0.25, 0.3) is 0 Å². The minimum Gasteiger partial charge on any atom is -0.497 e. The van der Waals surface area contributed by atoms with Crippen LogP contribution >= 0.6 is 0 Å². The van der Waals surface area contributed by atoms with Crippen LogP contribution in [0.15, 0.2) is 30.3 Å². The van der Waals surface area contributed by atoms with Gasteiger partial charge < -0.3 is 10.1 Å². The molecule has 0 aliphatic heterocycles. The first-order valence-electron chi connectivity index (χ1n) is 8.36. The Morgan fingerprint density at radius 3 is 2.25 bits per heavy atom. The van der Waals surface area contributed by atoms with Gasteiger partial charge in [0, 0.05) is 12.6 Å². The third-order valence-corrected chi connectivity index (χ3v) is 4.33. The van der Waals surface area contributed by atoms with Crippen LogP contribution in [0.4, 0.5) is 5.69 Å². The molecule has 0 saturated carbocycles. The number of hydrogen-bond acceptors (Lipinski definition) is 2. The van der Waals surface area contributed by atoms with Crippen LogP contribution < -0.4 is 10.1 Å². The Kier molecular flexibility index (Phi) is 5.66. The minimum atomic E-state index is -0.0357. The summed E-state index contributed by atoms with van der Waals surface area (Å²) in [4.78, 5) is 11.4. The zero-order valence-electron chi connectivity index (χ0n) is 15.5. The number of aryl methyl sites for hydroxylation is 2. The van der Waals surface area contributed by atoms with Crippen molar-refractivity contribution in [3.05, 3.63) is 58.1 Å². The Labute approximate surface area is 145 Å². The lowest BCUT2D eigenvalue weighted by molar-refractivity contribution is -0.114. The molecule has 0 radical (unpaired) electrons. The number of methoxy groups -OCH3 is 1. The maximum absolute atomic E-state index is 11.4. The van der Waals surface area contributed by atoms with Gasteiger partial charge in [-0.2, -0.15) is 0 Å². The fraction of sp³-hybridized carbons (Fsp3) is 0.381. The molecular formula is C21H27NO2. The van der Waals surface area contributed by atoms with Gasteiger partial charge in [0.05, 0.1) is 7.11 Å². The molecule has 0 aromatic heterocycles. The molecule has 2 aromatic carbocycles. The van der Waals surface area contributed by atoms with Crippen LogP contribution in [-0.2, 0) is 11.2 Å². The highest BCUT2D eigenvalue weighted by Crippen LogP contribution is 2.29. The second kappa shape index (κ2) is 7.52. The third kappa shape index (κ3) is 4.16. The van der Waals surface area contributed by atoms with Gasteiger partial charge in [0.2, 0.25) is 5.91 Å². The second-order valence-electron chi connectivity index (χ2n) is 6.67. The topological polar surface area (TPSA) is 38.3 Å². The maximum atomic E-state index is 11.4. The molecule has 3 nitrogen and oxygen atoms in total. The van der Waals surface area contributed by atoms with Gasteiger partial charge in [0.15, 0.2) is 0 Å². The van der Waals surface area contributed by atoms with Gasteiger partial charge >= 0.3 is 0 Å². The van der Waals surface area contributed by atoms with Gasteiger partial charge in [-0.1, -0.05) is 26.0 Å². The largest absolute Gasteiger partial charge is 0.497 e. The molecule has 0 spiro atoms. The molecule has 0 aliphatic carbocycles. The number of carbonyl (C=O) groups excluding carboxylic acids is 1. The number of anilines is 1. The standard InChI is InChI=1S/C21H27NO2/c1-13(2)19-11-17(7-8-21(19)22-16(5)23)12-20-14(3)9-18(24-6)10-15(20)4/h7-11,13H,12H2,1-6H3,(H,22,23). The van der Waals surface area contributed by atoms with Crippen LogP contribution in [0.2, 0.25) is 0 Å². The molecule has 0 unspecified atom stereocenters. The molecule has 1 N–H and O–H groups in total. The lowest BCUT2D eigenvalue weighted by Gasteiger charge is -2.17. The number of ether oxygens (including phenoxy) is 1. The molecule has 0 bridgehead atoms. The Balaban J connectivity index is 2.37. The fourth-order valence-electron chi connectivity index (χ4n) is 3.06. The highest BCUT2D eigenvalue weighted by atomic mass is 16.5. The smallest absolute Gasteiger partial charge is 0.221 e. The number of amides is 1. The van der Waals surface area contributed by atoms with Gasteiger partial charge in [0.1, 0.15) is 5.75 Å². The minimum absolute atomic E-state index is 0.0357. The van der Waals surface area contributed by atoms with E-state index in [1.165, 1.54) is 27.8 Å². The van der Waals surface area contributed by atoms with Gasteiger partial charge in [-0.15, -0.1) is 0 Å². The average molecular weight is 325 g/mol. The Morgan fingerprint density at radius 2 is 1.75 bits per heavy atom. The first-order valence-corrected chi connectivity index (χ1v) is 8.36. The molecule has 24 heavy (non-hydrogen) atoms. The number of nitrogens with one attached hydrogen (secondary N) is 1. The van der Waals surface area contributed by atoms with Crippen molar-refractivity contribution in [3.8, 4) is 5.75 Å². The summed E-state index contributed by atoms with van der Waals surface area (Å²) in [6.07, 6.45) is 0.877. The van der Waals surface area contributed by atoms with Crippen molar-refractivity contribution in [2.24, 2.45) is 0 Å².